The van der Waals surface area contributed by atoms with Crippen molar-refractivity contribution in [2.45, 2.75) is 43.2 Å². The molecule has 0 amide bonds. The second kappa shape index (κ2) is 9.25. The van der Waals surface area contributed by atoms with Gasteiger partial charge in [-0.15, -0.1) is 0 Å². The van der Waals surface area contributed by atoms with Gasteiger partial charge in [-0.1, -0.05) is 19.1 Å². The lowest BCUT2D eigenvalue weighted by molar-refractivity contribution is 0.241. The molecule has 2 N–H and O–H groups in total. The standard InChI is InChI=1S/C23H28F2N4O2S/c1-2-17-3-5-21(6-4-17)32(30,31)29-11-7-23(8-12-29)22(26-9-10-28-23)27-16-18-13-19(24)15-20(25)14-18/h3-6,13-15,28H,2,7-12,16H2,1H3,(H,26,27). The fourth-order valence-electron chi connectivity index (χ4n) is 4.39. The minimum absolute atomic E-state index is 0.239. The predicted molar refractivity (Wildman–Crippen MR) is 120 cm³/mol. The van der Waals surface area contributed by atoms with Gasteiger partial charge in [0.25, 0.3) is 0 Å². The highest BCUT2D eigenvalue weighted by molar-refractivity contribution is 7.89. The summed E-state index contributed by atoms with van der Waals surface area (Å²) in [7, 11) is -3.56. The fraction of sp³-hybridized carbons (Fsp3) is 0.435. The molecule has 2 aliphatic heterocycles. The number of benzene rings is 2. The Morgan fingerprint density at radius 1 is 1.06 bits per heavy atom. The fourth-order valence-corrected chi connectivity index (χ4v) is 5.83. The van der Waals surface area contributed by atoms with Crippen molar-refractivity contribution < 1.29 is 17.2 Å². The monoisotopic (exact) mass is 462 g/mol. The van der Waals surface area contributed by atoms with Crippen molar-refractivity contribution in [2.24, 2.45) is 4.99 Å². The first-order valence-corrected chi connectivity index (χ1v) is 12.3. The van der Waals surface area contributed by atoms with Gasteiger partial charge < -0.3 is 10.6 Å². The normalized spacial score (nSPS) is 19.0. The molecule has 4 rings (SSSR count). The van der Waals surface area contributed by atoms with Crippen molar-refractivity contribution in [1.82, 2.24) is 14.9 Å². The number of hydrogen-bond acceptors (Lipinski definition) is 5. The quantitative estimate of drug-likeness (QED) is 0.717. The average Bonchev–Trinajstić information content (AvgIpc) is 2.78. The van der Waals surface area contributed by atoms with E-state index in [4.69, 9.17) is 0 Å². The largest absolute Gasteiger partial charge is 0.368 e. The Kier molecular flexibility index (Phi) is 6.60. The van der Waals surface area contributed by atoms with Gasteiger partial charge in [-0.25, -0.2) is 17.2 Å². The third-order valence-electron chi connectivity index (χ3n) is 6.23. The van der Waals surface area contributed by atoms with E-state index >= 15 is 0 Å². The molecule has 2 heterocycles. The van der Waals surface area contributed by atoms with Crippen LogP contribution in [0.1, 0.15) is 30.9 Å². The van der Waals surface area contributed by atoms with E-state index in [0.717, 1.165) is 23.9 Å². The minimum atomic E-state index is -3.56. The van der Waals surface area contributed by atoms with Crippen LogP contribution in [-0.4, -0.2) is 50.3 Å². The number of hydrogen-bond donors (Lipinski definition) is 2. The molecule has 0 bridgehead atoms. The maximum Gasteiger partial charge on any atom is 0.243 e. The Balaban J connectivity index is 1.45. The maximum absolute atomic E-state index is 13.5. The molecular formula is C23H28F2N4O2S. The van der Waals surface area contributed by atoms with Crippen LogP contribution >= 0.6 is 0 Å². The smallest absolute Gasteiger partial charge is 0.243 e. The zero-order chi connectivity index (χ0) is 22.8. The molecule has 0 saturated carbocycles. The first kappa shape index (κ1) is 22.8. The summed E-state index contributed by atoms with van der Waals surface area (Å²) < 4.78 is 54.7. The van der Waals surface area contributed by atoms with Crippen LogP contribution in [0.25, 0.3) is 0 Å². The van der Waals surface area contributed by atoms with Gasteiger partial charge in [0.2, 0.25) is 10.0 Å². The summed E-state index contributed by atoms with van der Waals surface area (Å²) in [5, 5.41) is 6.74. The van der Waals surface area contributed by atoms with Crippen LogP contribution in [0.2, 0.25) is 0 Å². The highest BCUT2D eigenvalue weighted by atomic mass is 32.2. The molecule has 6 nitrogen and oxygen atoms in total. The summed E-state index contributed by atoms with van der Waals surface area (Å²) in [6.07, 6.45) is 1.97. The number of sulfonamides is 1. The van der Waals surface area contributed by atoms with Crippen molar-refractivity contribution in [3.8, 4) is 0 Å². The van der Waals surface area contributed by atoms with Gasteiger partial charge in [0, 0.05) is 32.2 Å². The van der Waals surface area contributed by atoms with Crippen molar-refractivity contribution in [3.63, 3.8) is 0 Å². The van der Waals surface area contributed by atoms with Crippen molar-refractivity contribution in [2.75, 3.05) is 26.2 Å². The van der Waals surface area contributed by atoms with E-state index in [1.165, 1.54) is 16.4 Å². The summed E-state index contributed by atoms with van der Waals surface area (Å²) >= 11 is 0. The summed E-state index contributed by atoms with van der Waals surface area (Å²) in [6.45, 7) is 4.28. The average molecular weight is 463 g/mol. The van der Waals surface area contributed by atoms with Gasteiger partial charge in [0.1, 0.15) is 17.5 Å². The minimum Gasteiger partial charge on any atom is -0.368 e. The van der Waals surface area contributed by atoms with Gasteiger partial charge in [0.05, 0.1) is 17.0 Å². The number of amidine groups is 1. The number of halogens is 2. The molecule has 0 aromatic heterocycles. The number of piperidine rings is 1. The van der Waals surface area contributed by atoms with Crippen LogP contribution in [0.15, 0.2) is 52.4 Å². The molecule has 0 atom stereocenters. The lowest BCUT2D eigenvalue weighted by Gasteiger charge is -2.44. The molecule has 9 heteroatoms. The van der Waals surface area contributed by atoms with E-state index in [-0.39, 0.29) is 6.54 Å². The first-order valence-electron chi connectivity index (χ1n) is 10.9. The Morgan fingerprint density at radius 2 is 1.72 bits per heavy atom. The third kappa shape index (κ3) is 4.69. The summed E-state index contributed by atoms with van der Waals surface area (Å²) in [6, 6.07) is 10.5. The highest BCUT2D eigenvalue weighted by Crippen LogP contribution is 2.29. The van der Waals surface area contributed by atoms with Gasteiger partial charge in [-0.05, 0) is 54.7 Å². The Bertz CT molecular complexity index is 1080. The van der Waals surface area contributed by atoms with Crippen LogP contribution in [0.5, 0.6) is 0 Å². The van der Waals surface area contributed by atoms with Gasteiger partial charge in [-0.2, -0.15) is 4.31 Å². The molecule has 32 heavy (non-hydrogen) atoms. The van der Waals surface area contributed by atoms with Crippen LogP contribution < -0.4 is 10.6 Å². The SMILES string of the molecule is CCc1ccc(S(=O)(=O)N2CCC3(CC2)NCCN=C3NCc2cc(F)cc(F)c2)cc1. The lowest BCUT2D eigenvalue weighted by Crippen LogP contribution is -2.64. The number of aliphatic imine (C=N–C) groups is 1. The highest BCUT2D eigenvalue weighted by Gasteiger charge is 2.43. The van der Waals surface area contributed by atoms with E-state index in [1.807, 2.05) is 19.1 Å². The molecule has 172 valence electrons. The van der Waals surface area contributed by atoms with Crippen molar-refractivity contribution >= 4 is 15.9 Å². The molecule has 0 aliphatic carbocycles. The zero-order valence-electron chi connectivity index (χ0n) is 18.1. The molecule has 1 saturated heterocycles. The molecule has 2 aliphatic rings. The molecule has 1 spiro atoms. The Labute approximate surface area is 187 Å². The lowest BCUT2D eigenvalue weighted by atomic mass is 9.85. The van der Waals surface area contributed by atoms with Gasteiger partial charge >= 0.3 is 0 Å². The Hall–Kier alpha value is -2.36. The van der Waals surface area contributed by atoms with E-state index in [0.29, 0.717) is 49.5 Å². The van der Waals surface area contributed by atoms with Crippen LogP contribution in [0, 0.1) is 11.6 Å². The Morgan fingerprint density at radius 3 is 2.34 bits per heavy atom. The van der Waals surface area contributed by atoms with Gasteiger partial charge in [-0.3, -0.25) is 4.99 Å². The summed E-state index contributed by atoms with van der Waals surface area (Å²) in [5.74, 6) is -0.519. The molecule has 0 radical (unpaired) electrons. The van der Waals surface area contributed by atoms with Crippen molar-refractivity contribution in [1.29, 1.82) is 0 Å². The van der Waals surface area contributed by atoms with E-state index in [1.54, 1.807) is 12.1 Å². The van der Waals surface area contributed by atoms with Crippen LogP contribution in [-0.2, 0) is 23.0 Å². The van der Waals surface area contributed by atoms with E-state index in [2.05, 4.69) is 15.6 Å². The number of rotatable bonds is 5. The third-order valence-corrected chi connectivity index (χ3v) is 8.14. The number of nitrogens with one attached hydrogen (secondary N) is 2. The molecular weight excluding hydrogens is 434 g/mol. The zero-order valence-corrected chi connectivity index (χ0v) is 18.9. The predicted octanol–water partition coefficient (Wildman–Crippen LogP) is 2.84. The summed E-state index contributed by atoms with van der Waals surface area (Å²) in [5.41, 5.74) is 1.11. The summed E-state index contributed by atoms with van der Waals surface area (Å²) in [4.78, 5) is 4.93. The molecule has 1 fully saturated rings. The molecule has 2 aromatic rings. The maximum atomic E-state index is 13.5. The van der Waals surface area contributed by atoms with Crippen LogP contribution in [0.3, 0.4) is 0 Å². The second-order valence-corrected chi connectivity index (χ2v) is 10.2. The topological polar surface area (TPSA) is 73.8 Å². The second-order valence-electron chi connectivity index (χ2n) is 8.27. The first-order chi connectivity index (χ1) is 15.3. The number of nitrogens with zero attached hydrogens (tertiary/aromatic N) is 2. The molecule has 0 unspecified atom stereocenters. The number of aryl methyl sites for hydroxylation is 1. The van der Waals surface area contributed by atoms with E-state index < -0.39 is 27.2 Å². The van der Waals surface area contributed by atoms with E-state index in [9.17, 15) is 17.2 Å². The van der Waals surface area contributed by atoms with Gasteiger partial charge in [0.15, 0.2) is 0 Å². The van der Waals surface area contributed by atoms with Crippen LogP contribution in [0.4, 0.5) is 8.78 Å². The van der Waals surface area contributed by atoms with Crippen molar-refractivity contribution in [3.05, 3.63) is 65.2 Å². The molecule has 2 aromatic carbocycles.